The summed E-state index contributed by atoms with van der Waals surface area (Å²) < 4.78 is 13.6. The molecule has 153 valence electrons. The Morgan fingerprint density at radius 3 is 2.74 bits per heavy atom. The van der Waals surface area contributed by atoms with Crippen LogP contribution in [0.5, 0.6) is 5.75 Å². The van der Waals surface area contributed by atoms with Gasteiger partial charge in [0.05, 0.1) is 30.4 Å². The zero-order valence-corrected chi connectivity index (χ0v) is 17.1. The van der Waals surface area contributed by atoms with Gasteiger partial charge in [-0.3, -0.25) is 4.79 Å². The van der Waals surface area contributed by atoms with E-state index in [1.54, 1.807) is 12.3 Å². The third kappa shape index (κ3) is 3.24. The molecule has 0 aliphatic heterocycles. The number of hydrogen-bond acceptors (Lipinski definition) is 3. The number of nitrogens with zero attached hydrogens (tertiary/aromatic N) is 1. The second-order valence-electron chi connectivity index (χ2n) is 7.32. The number of furan rings is 1. The minimum Gasteiger partial charge on any atom is -0.494 e. The van der Waals surface area contributed by atoms with Crippen molar-refractivity contribution in [2.24, 2.45) is 5.73 Å². The van der Waals surface area contributed by atoms with Crippen molar-refractivity contribution in [3.63, 3.8) is 0 Å². The normalized spacial score (nSPS) is 11.3. The number of hydrogen-bond donors (Lipinski definition) is 1. The van der Waals surface area contributed by atoms with Crippen LogP contribution < -0.4 is 10.5 Å². The van der Waals surface area contributed by atoms with E-state index in [-0.39, 0.29) is 0 Å². The van der Waals surface area contributed by atoms with Crippen LogP contribution >= 0.6 is 0 Å². The smallest absolute Gasteiger partial charge is 0.249 e. The fourth-order valence-corrected chi connectivity index (χ4v) is 4.12. The number of amides is 1. The zero-order chi connectivity index (χ0) is 21.4. The molecule has 5 heteroatoms. The zero-order valence-electron chi connectivity index (χ0n) is 17.1. The van der Waals surface area contributed by atoms with Gasteiger partial charge in [-0.1, -0.05) is 24.3 Å². The Morgan fingerprint density at radius 1 is 1.10 bits per heavy atom. The average molecular weight is 409 g/mol. The second kappa shape index (κ2) is 7.69. The summed E-state index contributed by atoms with van der Waals surface area (Å²) in [5.41, 5.74) is 10.0. The molecule has 0 fully saturated rings. The van der Waals surface area contributed by atoms with Gasteiger partial charge in [-0.2, -0.15) is 0 Å². The van der Waals surface area contributed by atoms with Gasteiger partial charge in [0.15, 0.2) is 0 Å². The predicted molar refractivity (Wildman–Crippen MR) is 121 cm³/mol. The number of ether oxygens (including phenoxy) is 1. The van der Waals surface area contributed by atoms with Crippen molar-refractivity contribution in [1.29, 1.82) is 0 Å². The molecule has 0 spiro atoms. The lowest BCUT2D eigenvalue weighted by Gasteiger charge is -2.13. The standard InChI is InChI=1S/C26H21N2O3/c1-2-30-24-10-4-3-7-18(24)16-28-21-9-5-8-20(26(27)29)25(21)19-13-12-17(15-22(19)28)23-11-6-14-31-23/h3-12,14-15H,2,16H2,1H3,(H2,27,29). The first-order valence-corrected chi connectivity index (χ1v) is 10.2. The van der Waals surface area contributed by atoms with Gasteiger partial charge in [-0.25, -0.2) is 0 Å². The van der Waals surface area contributed by atoms with Gasteiger partial charge < -0.3 is 19.5 Å². The number of aromatic nitrogens is 1. The van der Waals surface area contributed by atoms with Crippen LogP contribution in [0, 0.1) is 6.07 Å². The van der Waals surface area contributed by atoms with Gasteiger partial charge >= 0.3 is 0 Å². The first-order chi connectivity index (χ1) is 15.2. The van der Waals surface area contributed by atoms with Crippen LogP contribution in [0.3, 0.4) is 0 Å². The minimum atomic E-state index is -0.456. The van der Waals surface area contributed by atoms with E-state index in [1.807, 2.05) is 55.5 Å². The number of nitrogens with two attached hydrogens (primary N) is 1. The summed E-state index contributed by atoms with van der Waals surface area (Å²) in [5, 5.41) is 1.67. The van der Waals surface area contributed by atoms with Crippen molar-refractivity contribution >= 4 is 27.7 Å². The molecule has 31 heavy (non-hydrogen) atoms. The van der Waals surface area contributed by atoms with Gasteiger partial charge in [-0.05, 0) is 55.5 Å². The maximum absolute atomic E-state index is 12.2. The highest BCUT2D eigenvalue weighted by Gasteiger charge is 2.18. The van der Waals surface area contributed by atoms with Crippen molar-refractivity contribution in [2.75, 3.05) is 6.61 Å². The lowest BCUT2D eigenvalue weighted by molar-refractivity contribution is 0.100. The van der Waals surface area contributed by atoms with Crippen LogP contribution in [-0.4, -0.2) is 17.1 Å². The predicted octanol–water partition coefficient (Wildman–Crippen LogP) is 5.40. The summed E-state index contributed by atoms with van der Waals surface area (Å²) in [6.45, 7) is 3.14. The Balaban J connectivity index is 1.79. The number of para-hydroxylation sites is 1. The van der Waals surface area contributed by atoms with E-state index >= 15 is 0 Å². The largest absolute Gasteiger partial charge is 0.494 e. The Morgan fingerprint density at radius 2 is 1.97 bits per heavy atom. The summed E-state index contributed by atoms with van der Waals surface area (Å²) in [4.78, 5) is 12.2. The Bertz CT molecular complexity index is 1400. The molecular formula is C26H21N2O3. The van der Waals surface area contributed by atoms with E-state index in [0.29, 0.717) is 18.7 Å². The number of carbonyl (C=O) groups excluding carboxylic acids is 1. The summed E-state index contributed by atoms with van der Waals surface area (Å²) in [6.07, 6.45) is 1.65. The van der Waals surface area contributed by atoms with Crippen LogP contribution in [0.2, 0.25) is 0 Å². The molecule has 5 nitrogen and oxygen atoms in total. The fourth-order valence-electron chi connectivity index (χ4n) is 4.12. The third-order valence-electron chi connectivity index (χ3n) is 5.47. The number of fused-ring (bicyclic) bond motifs is 3. The topological polar surface area (TPSA) is 70.4 Å². The van der Waals surface area contributed by atoms with Crippen molar-refractivity contribution in [3.8, 4) is 17.1 Å². The Hall–Kier alpha value is -3.99. The molecule has 0 atom stereocenters. The maximum atomic E-state index is 12.2. The molecule has 5 aromatic rings. The van der Waals surface area contributed by atoms with Crippen LogP contribution in [-0.2, 0) is 6.54 Å². The highest BCUT2D eigenvalue weighted by molar-refractivity contribution is 6.18. The lowest BCUT2D eigenvalue weighted by atomic mass is 10.0. The quantitative estimate of drug-likeness (QED) is 0.408. The first-order valence-electron chi connectivity index (χ1n) is 10.2. The SMILES string of the molecule is CCOc1ccccc1Cn1c2cc(-c3ccco3)c[c]c2c2c(C(N)=O)cccc21. The number of rotatable bonds is 6. The molecule has 5 rings (SSSR count). The van der Waals surface area contributed by atoms with E-state index in [0.717, 1.165) is 44.4 Å². The highest BCUT2D eigenvalue weighted by Crippen LogP contribution is 2.35. The summed E-state index contributed by atoms with van der Waals surface area (Å²) in [5.74, 6) is 1.15. The highest BCUT2D eigenvalue weighted by atomic mass is 16.5. The third-order valence-corrected chi connectivity index (χ3v) is 5.47. The summed E-state index contributed by atoms with van der Waals surface area (Å²) in [7, 11) is 0. The van der Waals surface area contributed by atoms with Crippen molar-refractivity contribution in [3.05, 3.63) is 90.2 Å². The van der Waals surface area contributed by atoms with Crippen LogP contribution in [0.1, 0.15) is 22.8 Å². The molecule has 1 radical (unpaired) electrons. The van der Waals surface area contributed by atoms with E-state index < -0.39 is 5.91 Å². The molecule has 2 N–H and O–H groups in total. The van der Waals surface area contributed by atoms with Crippen LogP contribution in [0.15, 0.2) is 77.4 Å². The second-order valence-corrected chi connectivity index (χ2v) is 7.32. The van der Waals surface area contributed by atoms with Crippen molar-refractivity contribution < 1.29 is 13.9 Å². The van der Waals surface area contributed by atoms with Crippen molar-refractivity contribution in [1.82, 2.24) is 4.57 Å². The van der Waals surface area contributed by atoms with Gasteiger partial charge in [0.25, 0.3) is 0 Å². The van der Waals surface area contributed by atoms with E-state index in [4.69, 9.17) is 14.9 Å². The van der Waals surface area contributed by atoms with E-state index in [1.165, 1.54) is 0 Å². The molecule has 3 aromatic carbocycles. The molecule has 0 saturated heterocycles. The maximum Gasteiger partial charge on any atom is 0.249 e. The molecule has 0 unspecified atom stereocenters. The number of benzene rings is 3. The van der Waals surface area contributed by atoms with Gasteiger partial charge in [0.1, 0.15) is 11.5 Å². The van der Waals surface area contributed by atoms with Gasteiger partial charge in [0.2, 0.25) is 5.91 Å². The molecule has 0 aliphatic rings. The summed E-state index contributed by atoms with van der Waals surface area (Å²) >= 11 is 0. The fraction of sp³-hybridized carbons (Fsp3) is 0.115. The van der Waals surface area contributed by atoms with Crippen LogP contribution in [0.4, 0.5) is 0 Å². The summed E-state index contributed by atoms with van der Waals surface area (Å²) in [6, 6.07) is 24.7. The Labute approximate surface area is 179 Å². The molecule has 2 heterocycles. The molecule has 0 aliphatic carbocycles. The van der Waals surface area contributed by atoms with E-state index in [9.17, 15) is 4.79 Å². The first kappa shape index (κ1) is 19.0. The minimum absolute atomic E-state index is 0.456. The monoisotopic (exact) mass is 409 g/mol. The molecule has 0 saturated carbocycles. The Kier molecular flexibility index (Phi) is 4.71. The molecular weight excluding hydrogens is 388 g/mol. The number of carbonyl (C=O) groups is 1. The van der Waals surface area contributed by atoms with Crippen LogP contribution in [0.25, 0.3) is 33.1 Å². The van der Waals surface area contributed by atoms with Crippen molar-refractivity contribution in [2.45, 2.75) is 13.5 Å². The van der Waals surface area contributed by atoms with Gasteiger partial charge in [-0.15, -0.1) is 0 Å². The van der Waals surface area contributed by atoms with E-state index in [2.05, 4.69) is 22.8 Å². The lowest BCUT2D eigenvalue weighted by Crippen LogP contribution is -2.11. The molecule has 0 bridgehead atoms. The van der Waals surface area contributed by atoms with Gasteiger partial charge in [0, 0.05) is 27.5 Å². The molecule has 2 aromatic heterocycles. The average Bonchev–Trinajstić information content (AvgIpc) is 3.42. The molecule has 1 amide bonds. The number of primary amides is 1.